The normalized spacial score (nSPS) is 19.8. The van der Waals surface area contributed by atoms with Gasteiger partial charge in [-0.3, -0.25) is 4.79 Å². The molecule has 0 saturated heterocycles. The van der Waals surface area contributed by atoms with Gasteiger partial charge >= 0.3 is 0 Å². The van der Waals surface area contributed by atoms with Crippen LogP contribution in [0.1, 0.15) is 66.6 Å². The van der Waals surface area contributed by atoms with Gasteiger partial charge in [-0.15, -0.1) is 0 Å². The minimum Gasteiger partial charge on any atom is -0.871 e. The molecule has 0 bridgehead atoms. The Kier molecular flexibility index (Phi) is 6.63. The SMILES string of the molecule is O=C1C(c2cc3c(n2CCCc2ccccc2)CCC3)=C([O-])/C1=C1\C=C2CCCC2=[N+]1CCCc1ccccc1. The van der Waals surface area contributed by atoms with E-state index in [9.17, 15) is 9.90 Å². The molecule has 7 rings (SSSR count). The number of carbonyl (C=O) groups is 1. The Bertz CT molecular complexity index is 1600. The molecule has 3 aromatic rings. The smallest absolute Gasteiger partial charge is 0.216 e. The summed E-state index contributed by atoms with van der Waals surface area (Å²) in [5.74, 6) is -0.128. The molecule has 0 spiro atoms. The van der Waals surface area contributed by atoms with Crippen molar-refractivity contribution in [2.24, 2.45) is 0 Å². The summed E-state index contributed by atoms with van der Waals surface area (Å²) < 4.78 is 4.60. The van der Waals surface area contributed by atoms with Gasteiger partial charge in [-0.05, 0) is 74.1 Å². The molecule has 2 heterocycles. The van der Waals surface area contributed by atoms with Crippen LogP contribution in [0, 0.1) is 0 Å². The van der Waals surface area contributed by atoms with Gasteiger partial charge in [-0.1, -0.05) is 66.4 Å². The van der Waals surface area contributed by atoms with Crippen LogP contribution in [0.15, 0.2) is 95.4 Å². The Morgan fingerprint density at radius 1 is 0.800 bits per heavy atom. The van der Waals surface area contributed by atoms with Crippen molar-refractivity contribution in [3.63, 3.8) is 0 Å². The van der Waals surface area contributed by atoms with Gasteiger partial charge in [-0.2, -0.15) is 4.58 Å². The maximum atomic E-state index is 13.8. The number of carbonyl (C=O) groups excluding carboxylic acids is 1. The number of allylic oxidation sites excluding steroid dienone is 4. The predicted octanol–water partition coefficient (Wildman–Crippen LogP) is 5.73. The van der Waals surface area contributed by atoms with Gasteiger partial charge in [-0.25, -0.2) is 0 Å². The molecular formula is C36H36N2O2. The summed E-state index contributed by atoms with van der Waals surface area (Å²) >= 11 is 0. The summed E-state index contributed by atoms with van der Waals surface area (Å²) in [4.78, 5) is 13.8. The number of ketones is 1. The zero-order valence-electron chi connectivity index (χ0n) is 23.1. The lowest BCUT2D eigenvalue weighted by atomic mass is 9.84. The van der Waals surface area contributed by atoms with E-state index in [-0.39, 0.29) is 11.5 Å². The summed E-state index contributed by atoms with van der Waals surface area (Å²) in [6, 6.07) is 23.3. The second kappa shape index (κ2) is 10.6. The largest absolute Gasteiger partial charge is 0.871 e. The summed E-state index contributed by atoms with van der Waals surface area (Å²) in [5.41, 5.74) is 10.5. The van der Waals surface area contributed by atoms with Crippen molar-refractivity contribution in [3.05, 3.63) is 123 Å². The van der Waals surface area contributed by atoms with Gasteiger partial charge in [0, 0.05) is 42.3 Å². The summed E-state index contributed by atoms with van der Waals surface area (Å²) in [5, 5.41) is 13.8. The van der Waals surface area contributed by atoms with E-state index in [2.05, 4.69) is 69.8 Å². The first-order chi connectivity index (χ1) is 19.7. The maximum absolute atomic E-state index is 13.8. The highest BCUT2D eigenvalue weighted by Gasteiger charge is 2.42. The van der Waals surface area contributed by atoms with Gasteiger partial charge in [0.2, 0.25) is 11.5 Å². The monoisotopic (exact) mass is 528 g/mol. The lowest BCUT2D eigenvalue weighted by Crippen LogP contribution is -2.33. The highest BCUT2D eigenvalue weighted by molar-refractivity contribution is 6.39. The van der Waals surface area contributed by atoms with E-state index in [0.717, 1.165) is 88.7 Å². The van der Waals surface area contributed by atoms with E-state index in [1.807, 2.05) is 12.1 Å². The number of aryl methyl sites for hydroxylation is 3. The Morgan fingerprint density at radius 2 is 1.50 bits per heavy atom. The van der Waals surface area contributed by atoms with E-state index in [4.69, 9.17) is 0 Å². The van der Waals surface area contributed by atoms with E-state index in [0.29, 0.717) is 11.1 Å². The molecule has 0 N–H and O–H groups in total. The second-order valence-electron chi connectivity index (χ2n) is 11.6. The highest BCUT2D eigenvalue weighted by Crippen LogP contribution is 2.42. The van der Waals surface area contributed by atoms with Gasteiger partial charge in [0.05, 0.1) is 11.3 Å². The fourth-order valence-corrected chi connectivity index (χ4v) is 7.16. The van der Waals surface area contributed by atoms with Crippen molar-refractivity contribution in [1.82, 2.24) is 4.57 Å². The first-order valence-electron chi connectivity index (χ1n) is 15.0. The third-order valence-electron chi connectivity index (χ3n) is 9.12. The molecule has 4 heteroatoms. The topological polar surface area (TPSA) is 48.1 Å². The molecule has 0 atom stereocenters. The number of hydrogen-bond acceptors (Lipinski definition) is 2. The predicted molar refractivity (Wildman–Crippen MR) is 157 cm³/mol. The van der Waals surface area contributed by atoms with Crippen molar-refractivity contribution in [3.8, 4) is 0 Å². The van der Waals surface area contributed by atoms with Crippen molar-refractivity contribution >= 4 is 17.1 Å². The lowest BCUT2D eigenvalue weighted by molar-refractivity contribution is -0.471. The second-order valence-corrected chi connectivity index (χ2v) is 11.6. The molecule has 0 amide bonds. The van der Waals surface area contributed by atoms with Crippen molar-refractivity contribution in [1.29, 1.82) is 0 Å². The molecule has 4 nitrogen and oxygen atoms in total. The molecule has 4 aliphatic rings. The molecule has 1 fully saturated rings. The van der Waals surface area contributed by atoms with Gasteiger partial charge < -0.3 is 9.67 Å². The minimum absolute atomic E-state index is 0.0639. The number of fused-ring (bicyclic) bond motifs is 2. The van der Waals surface area contributed by atoms with Crippen molar-refractivity contribution in [2.75, 3.05) is 6.54 Å². The maximum Gasteiger partial charge on any atom is 0.216 e. The van der Waals surface area contributed by atoms with E-state index < -0.39 is 0 Å². The van der Waals surface area contributed by atoms with Crippen LogP contribution in [0.4, 0.5) is 0 Å². The minimum atomic E-state index is -0.0639. The van der Waals surface area contributed by atoms with Crippen LogP contribution in [0.25, 0.3) is 5.57 Å². The van der Waals surface area contributed by atoms with Gasteiger partial charge in [0.15, 0.2) is 5.71 Å². The number of nitrogens with zero attached hydrogens (tertiary/aromatic N) is 2. The molecule has 2 aromatic carbocycles. The van der Waals surface area contributed by atoms with Crippen molar-refractivity contribution < 1.29 is 14.5 Å². The molecule has 1 saturated carbocycles. The molecule has 1 aliphatic heterocycles. The van der Waals surface area contributed by atoms with Crippen molar-refractivity contribution in [2.45, 2.75) is 70.8 Å². The molecule has 0 unspecified atom stereocenters. The average Bonchev–Trinajstić information content (AvgIpc) is 3.75. The Balaban J connectivity index is 1.17. The third kappa shape index (κ3) is 4.40. The standard InChI is InChI=1S/C36H36N2O2/c39-35-33(31-23-27-17-7-19-29(27)37(31)21-9-15-25-11-3-1-4-12-25)36(40)34(35)32-24-28-18-8-20-30(28)38(32)22-10-16-26-13-5-2-6-14-26/h1-6,11-14,23-24H,7-10,15-22H2. The molecular weight excluding hydrogens is 492 g/mol. The lowest BCUT2D eigenvalue weighted by Gasteiger charge is -2.31. The van der Waals surface area contributed by atoms with Gasteiger partial charge in [0.1, 0.15) is 6.54 Å². The molecule has 0 radical (unpaired) electrons. The first-order valence-corrected chi connectivity index (χ1v) is 15.0. The molecule has 1 aromatic heterocycles. The highest BCUT2D eigenvalue weighted by atomic mass is 16.3. The van der Waals surface area contributed by atoms with Crippen LogP contribution in [-0.4, -0.2) is 27.2 Å². The Morgan fingerprint density at radius 3 is 2.23 bits per heavy atom. The van der Waals surface area contributed by atoms with Gasteiger partial charge in [0.25, 0.3) is 0 Å². The zero-order chi connectivity index (χ0) is 27.1. The zero-order valence-corrected chi connectivity index (χ0v) is 23.1. The summed E-state index contributed by atoms with van der Waals surface area (Å²) in [6.07, 6.45) is 12.5. The van der Waals surface area contributed by atoms with E-state index in [1.165, 1.54) is 33.7 Å². The fourth-order valence-electron chi connectivity index (χ4n) is 7.16. The number of rotatable bonds is 9. The first kappa shape index (κ1) is 25.1. The number of benzene rings is 2. The quantitative estimate of drug-likeness (QED) is 0.263. The summed E-state index contributed by atoms with van der Waals surface area (Å²) in [6.45, 7) is 1.67. The van der Waals surface area contributed by atoms with Crippen LogP contribution in [0.5, 0.6) is 0 Å². The third-order valence-corrected chi connectivity index (χ3v) is 9.12. The number of Topliss-reactive ketones (excluding diaryl/α,β-unsaturated/α-hetero) is 1. The van der Waals surface area contributed by atoms with Crippen LogP contribution in [0.3, 0.4) is 0 Å². The number of hydrogen-bond donors (Lipinski definition) is 0. The van der Waals surface area contributed by atoms with Crippen LogP contribution in [0.2, 0.25) is 0 Å². The van der Waals surface area contributed by atoms with E-state index >= 15 is 0 Å². The number of aromatic nitrogens is 1. The Hall–Kier alpha value is -3.92. The van der Waals surface area contributed by atoms with Crippen LogP contribution in [-0.2, 0) is 37.0 Å². The molecule has 3 aliphatic carbocycles. The Labute approximate surface area is 236 Å². The molecule has 202 valence electrons. The van der Waals surface area contributed by atoms with Crippen LogP contribution < -0.4 is 5.11 Å². The summed E-state index contributed by atoms with van der Waals surface area (Å²) in [7, 11) is 0. The van der Waals surface area contributed by atoms with E-state index in [1.54, 1.807) is 0 Å². The fraction of sp³-hybridized carbons (Fsp3) is 0.333. The average molecular weight is 529 g/mol. The molecule has 40 heavy (non-hydrogen) atoms. The van der Waals surface area contributed by atoms with Crippen LogP contribution >= 0.6 is 0 Å².